The number of ether oxygens (including phenoxy) is 1. The van der Waals surface area contributed by atoms with E-state index in [-0.39, 0.29) is 41.1 Å². The van der Waals surface area contributed by atoms with Gasteiger partial charge in [-0.25, -0.2) is 9.78 Å². The average molecular weight is 1190 g/mol. The second-order valence-electron chi connectivity index (χ2n) is 18.5. The number of benzene rings is 8. The number of carbonyl (C=O) groups is 3. The van der Waals surface area contributed by atoms with Gasteiger partial charge in [0.2, 0.25) is 0 Å². The minimum Gasteiger partial charge on any atom is -1.00 e. The lowest BCUT2D eigenvalue weighted by Crippen LogP contribution is -3.00. The van der Waals surface area contributed by atoms with E-state index in [1.807, 2.05) is 133 Å². The van der Waals surface area contributed by atoms with Gasteiger partial charge in [-0.15, -0.1) is 23.1 Å². The first-order valence-electron chi connectivity index (χ1n) is 25.2. The van der Waals surface area contributed by atoms with Crippen molar-refractivity contribution in [2.45, 2.75) is 23.1 Å². The summed E-state index contributed by atoms with van der Waals surface area (Å²) in [6.07, 6.45) is -0.332. The molecule has 0 bridgehead atoms. The third-order valence-electron chi connectivity index (χ3n) is 14.0. The summed E-state index contributed by atoms with van der Waals surface area (Å²) in [7, 11) is -1.21. The van der Waals surface area contributed by atoms with Crippen LogP contribution in [0.1, 0.15) is 39.6 Å². The molecular formula is C64H53IN5O5PS2. The number of anilines is 1. The van der Waals surface area contributed by atoms with E-state index in [9.17, 15) is 4.79 Å². The van der Waals surface area contributed by atoms with E-state index >= 15 is 9.59 Å². The molecule has 0 spiro atoms. The van der Waals surface area contributed by atoms with Crippen LogP contribution in [-0.2, 0) is 29.5 Å². The summed E-state index contributed by atoms with van der Waals surface area (Å²) in [5.41, 5.74) is 4.76. The zero-order chi connectivity index (χ0) is 52.6. The van der Waals surface area contributed by atoms with Crippen LogP contribution in [0, 0.1) is 0 Å². The zero-order valence-corrected chi connectivity index (χ0v) is 47.0. The molecule has 3 heterocycles. The van der Waals surface area contributed by atoms with Crippen LogP contribution in [0.5, 0.6) is 0 Å². The molecule has 0 saturated carbocycles. The predicted molar refractivity (Wildman–Crippen MR) is 311 cm³/mol. The summed E-state index contributed by atoms with van der Waals surface area (Å²) in [4.78, 5) is 57.0. The smallest absolute Gasteiger partial charge is 0.356 e. The van der Waals surface area contributed by atoms with Gasteiger partial charge in [0.25, 0.3) is 11.8 Å². The molecule has 0 radical (unpaired) electrons. The maximum absolute atomic E-state index is 15.5. The molecule has 1 fully saturated rings. The van der Waals surface area contributed by atoms with E-state index in [4.69, 9.17) is 14.6 Å². The van der Waals surface area contributed by atoms with Gasteiger partial charge in [-0.2, -0.15) is 0 Å². The Morgan fingerprint density at radius 2 is 1.08 bits per heavy atom. The maximum atomic E-state index is 15.5. The van der Waals surface area contributed by atoms with Gasteiger partial charge in [0.05, 0.1) is 6.16 Å². The van der Waals surface area contributed by atoms with Crippen LogP contribution >= 0.6 is 30.4 Å². The lowest BCUT2D eigenvalue weighted by Gasteiger charge is -2.50. The van der Waals surface area contributed by atoms with Crippen molar-refractivity contribution in [3.63, 3.8) is 0 Å². The average Bonchev–Trinajstić information content (AvgIpc) is 4.04. The number of nitrogens with one attached hydrogen (secondary N) is 2. The Kier molecular flexibility index (Phi) is 16.8. The summed E-state index contributed by atoms with van der Waals surface area (Å²) in [6, 6.07) is 80.1. The number of hydrogen-bond donors (Lipinski definition) is 2. The number of β-lactam (4-membered cyclic amide) rings is 1. The SMILES string of the molecule is CO/N=C(\C(=O)NC1C(=O)N2C(C(=O)OC(c3ccccc3)c3ccccc3)=C(C[P+](c3ccccc3)(c3ccccc3)c3ccccc3)CS[C@@H]12)c1csc(NC(c2ccccc2)(c2ccccc2)c2ccccc2)n1.[I-]. The van der Waals surface area contributed by atoms with Gasteiger partial charge in [0.15, 0.2) is 16.9 Å². The van der Waals surface area contributed by atoms with E-state index in [0.717, 1.165) is 49.3 Å². The van der Waals surface area contributed by atoms with Crippen LogP contribution in [0.2, 0.25) is 0 Å². The number of rotatable bonds is 18. The van der Waals surface area contributed by atoms with Crippen molar-refractivity contribution in [1.29, 1.82) is 0 Å². The van der Waals surface area contributed by atoms with Crippen molar-refractivity contribution >= 4 is 74.9 Å². The standard InChI is InChI=1S/C64H52N5O5PS2.HI/c1-73-68-55(54-44-77-63(65-54)67-64(48-30-14-4-15-31-48,49-32-16-5-17-33-49)50-34-18-6-19-35-50)59(70)66-56-60(71)69-57(62(72)74-58(45-26-10-2-11-27-45)46-28-12-3-13-29-46)47(43-76-61(56)69)42-75(51-36-20-7-21-37-51,52-38-22-8-23-39-52)53-40-24-9-25-41-53;/h2-41,44,56,58,61H,42-43H2,1H3,(H-,65,66,67,70);1H/b68-55-;/t56?,61-;/m0./s1. The molecule has 0 aliphatic carbocycles. The number of thiazole rings is 1. The molecule has 2 aliphatic rings. The molecule has 2 amide bonds. The van der Waals surface area contributed by atoms with Gasteiger partial charge in [-0.3, -0.25) is 14.5 Å². The summed E-state index contributed by atoms with van der Waals surface area (Å²) < 4.78 is 6.67. The Morgan fingerprint density at radius 3 is 1.51 bits per heavy atom. The lowest BCUT2D eigenvalue weighted by molar-refractivity contribution is -0.154. The number of fused-ring (bicyclic) bond motifs is 1. The molecule has 9 aromatic rings. The Hall–Kier alpha value is -7.68. The minimum absolute atomic E-state index is 0. The van der Waals surface area contributed by atoms with Gasteiger partial charge < -0.3 is 44.2 Å². The molecule has 388 valence electrons. The van der Waals surface area contributed by atoms with Gasteiger partial charge >= 0.3 is 5.97 Å². The highest BCUT2D eigenvalue weighted by Gasteiger charge is 2.57. The van der Waals surface area contributed by atoms with Crippen LogP contribution in [0.15, 0.2) is 264 Å². The number of aromatic nitrogens is 1. The van der Waals surface area contributed by atoms with Gasteiger partial charge in [-0.1, -0.05) is 211 Å². The number of hydrogen-bond acceptors (Lipinski definition) is 10. The molecule has 14 heteroatoms. The lowest BCUT2D eigenvalue weighted by atomic mass is 9.77. The molecule has 1 saturated heterocycles. The molecule has 10 nitrogen and oxygen atoms in total. The van der Waals surface area contributed by atoms with Gasteiger partial charge in [0.1, 0.15) is 58.6 Å². The Bertz CT molecular complexity index is 3320. The number of halogens is 1. The number of carbonyl (C=O) groups excluding carboxylic acids is 3. The fourth-order valence-electron chi connectivity index (χ4n) is 10.5. The number of nitrogens with zero attached hydrogens (tertiary/aromatic N) is 3. The highest BCUT2D eigenvalue weighted by atomic mass is 127. The molecule has 11 rings (SSSR count). The van der Waals surface area contributed by atoms with E-state index < -0.39 is 48.1 Å². The highest BCUT2D eigenvalue weighted by Crippen LogP contribution is 2.58. The van der Waals surface area contributed by atoms with Crippen LogP contribution < -0.4 is 50.5 Å². The predicted octanol–water partition coefficient (Wildman–Crippen LogP) is 7.88. The fraction of sp³-hybridized carbons (Fsp3) is 0.109. The van der Waals surface area contributed by atoms with E-state index in [1.54, 1.807) is 5.38 Å². The Labute approximate surface area is 480 Å². The third-order valence-corrected chi connectivity index (χ3v) is 20.5. The van der Waals surface area contributed by atoms with Gasteiger partial charge in [-0.05, 0) is 64.2 Å². The largest absolute Gasteiger partial charge is 1.00 e. The Balaban J connectivity index is 0.00000688. The monoisotopic (exact) mass is 1190 g/mol. The highest BCUT2D eigenvalue weighted by molar-refractivity contribution is 8.00. The number of thioether (sulfide) groups is 1. The van der Waals surface area contributed by atoms with Crippen molar-refractivity contribution in [2.75, 3.05) is 24.3 Å². The van der Waals surface area contributed by atoms with Crippen LogP contribution in [0.3, 0.4) is 0 Å². The quantitative estimate of drug-likeness (QED) is 0.0170. The normalized spacial score (nSPS) is 15.3. The molecule has 78 heavy (non-hydrogen) atoms. The van der Waals surface area contributed by atoms with Crippen molar-refractivity contribution in [3.05, 3.63) is 293 Å². The molecule has 2 N–H and O–H groups in total. The first-order chi connectivity index (χ1) is 37.9. The summed E-state index contributed by atoms with van der Waals surface area (Å²) in [5, 5.41) is 16.0. The fourth-order valence-corrected chi connectivity index (χ4v) is 17.0. The first kappa shape index (κ1) is 53.7. The summed E-state index contributed by atoms with van der Waals surface area (Å²) >= 11 is 2.83. The summed E-state index contributed by atoms with van der Waals surface area (Å²) in [5.74, 6) is -1.35. The van der Waals surface area contributed by atoms with Crippen molar-refractivity contribution in [1.82, 2.24) is 15.2 Å². The Morgan fingerprint density at radius 1 is 0.654 bits per heavy atom. The minimum atomic E-state index is -2.58. The zero-order valence-electron chi connectivity index (χ0n) is 42.3. The van der Waals surface area contributed by atoms with E-state index in [1.165, 1.54) is 35.1 Å². The number of amides is 2. The van der Waals surface area contributed by atoms with Crippen LogP contribution in [0.4, 0.5) is 5.13 Å². The van der Waals surface area contributed by atoms with E-state index in [2.05, 4.69) is 125 Å². The molecular weight excluding hydrogens is 1140 g/mol. The van der Waals surface area contributed by atoms with Crippen molar-refractivity contribution in [3.8, 4) is 0 Å². The second-order valence-corrected chi connectivity index (χ2v) is 24.0. The van der Waals surface area contributed by atoms with Crippen molar-refractivity contribution < 1.29 is 47.9 Å². The topological polar surface area (TPSA) is 122 Å². The summed E-state index contributed by atoms with van der Waals surface area (Å²) in [6.45, 7) is 0. The maximum Gasteiger partial charge on any atom is 0.356 e. The second kappa shape index (κ2) is 24.3. The molecule has 1 unspecified atom stereocenters. The van der Waals surface area contributed by atoms with Crippen molar-refractivity contribution in [2.24, 2.45) is 5.16 Å². The third kappa shape index (κ3) is 10.5. The van der Waals surface area contributed by atoms with Crippen LogP contribution in [0.25, 0.3) is 0 Å². The molecule has 8 aromatic carbocycles. The molecule has 2 aliphatic heterocycles. The first-order valence-corrected chi connectivity index (χ1v) is 29.1. The number of oxime groups is 1. The molecule has 1 aromatic heterocycles. The van der Waals surface area contributed by atoms with Crippen LogP contribution in [-0.4, -0.2) is 63.8 Å². The number of esters is 1. The van der Waals surface area contributed by atoms with E-state index in [0.29, 0.717) is 17.0 Å². The molecule has 2 atom stereocenters. The van der Waals surface area contributed by atoms with Gasteiger partial charge in [0, 0.05) is 16.7 Å².